The Kier molecular flexibility index (Phi) is 9.59. The Morgan fingerprint density at radius 3 is 2.28 bits per heavy atom. The summed E-state index contributed by atoms with van der Waals surface area (Å²) < 4.78 is 57.2. The molecule has 2 fully saturated rings. The molecule has 2 amide bonds. The number of benzene rings is 3. The number of rotatable bonds is 8. The van der Waals surface area contributed by atoms with Gasteiger partial charge in [0.15, 0.2) is 0 Å². The second kappa shape index (κ2) is 13.3. The largest absolute Gasteiger partial charge is 0.391 e. The van der Waals surface area contributed by atoms with E-state index in [4.69, 9.17) is 4.98 Å². The second-order valence-electron chi connectivity index (χ2n) is 14.5. The molecular formula is C37H41F4IN6O2. The summed E-state index contributed by atoms with van der Waals surface area (Å²) in [5.41, 5.74) is 4.50. The van der Waals surface area contributed by atoms with Crippen LogP contribution < -0.4 is 20.9 Å². The van der Waals surface area contributed by atoms with Crippen molar-refractivity contribution in [2.75, 3.05) is 23.3 Å². The predicted octanol–water partition coefficient (Wildman–Crippen LogP) is 8.23. The third-order valence-electron chi connectivity index (χ3n) is 9.83. The van der Waals surface area contributed by atoms with Crippen molar-refractivity contribution in [1.82, 2.24) is 20.2 Å². The number of carbonyl (C=O) groups excluding carboxylic acids is 2. The minimum Gasteiger partial charge on any atom is -0.371 e. The van der Waals surface area contributed by atoms with Crippen LogP contribution in [0.5, 0.6) is 0 Å². The number of aromatic nitrogens is 2. The molecule has 0 radical (unpaired) electrons. The van der Waals surface area contributed by atoms with Gasteiger partial charge in [0.05, 0.1) is 39.4 Å². The molecule has 13 heteroatoms. The van der Waals surface area contributed by atoms with E-state index in [0.29, 0.717) is 47.6 Å². The molecule has 8 nitrogen and oxygen atoms in total. The first kappa shape index (κ1) is 35.9. The maximum absolute atomic E-state index is 14.1. The van der Waals surface area contributed by atoms with Crippen LogP contribution in [0.1, 0.15) is 73.5 Å². The van der Waals surface area contributed by atoms with Gasteiger partial charge in [-0.1, -0.05) is 45.0 Å². The van der Waals surface area contributed by atoms with Crippen molar-refractivity contribution in [2.24, 2.45) is 18.4 Å². The number of nitrogens with zero attached hydrogens (tertiary/aromatic N) is 3. The second-order valence-corrected chi connectivity index (χ2v) is 15.6. The number of piperidine rings is 1. The van der Waals surface area contributed by atoms with E-state index in [2.05, 4.69) is 38.5 Å². The smallest absolute Gasteiger partial charge is 0.371 e. The minimum atomic E-state index is -4.27. The number of nitrogens with one attached hydrogen (secondary N) is 3. The number of halogens is 5. The molecule has 1 aliphatic carbocycles. The van der Waals surface area contributed by atoms with Crippen LogP contribution in [0.2, 0.25) is 0 Å². The zero-order valence-electron chi connectivity index (χ0n) is 28.7. The highest BCUT2D eigenvalue weighted by Gasteiger charge is 2.46. The summed E-state index contributed by atoms with van der Waals surface area (Å²) in [6, 6.07) is 13.6. The molecule has 0 unspecified atom stereocenters. The Bertz CT molecular complexity index is 1940. The van der Waals surface area contributed by atoms with E-state index in [1.807, 2.05) is 62.4 Å². The molecule has 50 heavy (non-hydrogen) atoms. The van der Waals surface area contributed by atoms with Gasteiger partial charge in [0.25, 0.3) is 5.91 Å². The van der Waals surface area contributed by atoms with Crippen molar-refractivity contribution in [3.8, 4) is 0 Å². The molecule has 3 aromatic carbocycles. The van der Waals surface area contributed by atoms with Gasteiger partial charge in [0, 0.05) is 35.7 Å². The number of alkyl halides is 3. The lowest BCUT2D eigenvalue weighted by Crippen LogP contribution is -2.41. The van der Waals surface area contributed by atoms with Crippen molar-refractivity contribution in [1.29, 1.82) is 0 Å². The van der Waals surface area contributed by atoms with E-state index < -0.39 is 23.0 Å². The number of anilines is 3. The van der Waals surface area contributed by atoms with E-state index in [-0.39, 0.29) is 43.6 Å². The van der Waals surface area contributed by atoms with Crippen LogP contribution in [0, 0.1) is 27.6 Å². The Morgan fingerprint density at radius 1 is 1.02 bits per heavy atom. The van der Waals surface area contributed by atoms with Crippen molar-refractivity contribution >= 4 is 62.8 Å². The van der Waals surface area contributed by atoms with Gasteiger partial charge < -0.3 is 25.4 Å². The summed E-state index contributed by atoms with van der Waals surface area (Å²) in [5.74, 6) is -1.65. The number of imidazole rings is 1. The lowest BCUT2D eigenvalue weighted by Gasteiger charge is -2.35. The molecular weight excluding hydrogens is 763 g/mol. The van der Waals surface area contributed by atoms with Crippen molar-refractivity contribution in [3.63, 3.8) is 0 Å². The SMILES string of the molecule is Cc1ccc(CNC(=O)C(C)(C)C)c(I)c1Nc1nc2cc(C(=O)NC3(c4ccc(F)cc4)CC3)c(N3CCC(C(F)(F)F)CC3)cc2n1C. The molecule has 0 spiro atoms. The van der Waals surface area contributed by atoms with Gasteiger partial charge in [-0.3, -0.25) is 9.59 Å². The Labute approximate surface area is 302 Å². The average Bonchev–Trinajstić information content (AvgIpc) is 3.77. The van der Waals surface area contributed by atoms with Crippen LogP contribution in [0.3, 0.4) is 0 Å². The molecule has 2 aliphatic rings. The molecule has 0 atom stereocenters. The van der Waals surface area contributed by atoms with E-state index >= 15 is 0 Å². The number of hydrogen-bond donors (Lipinski definition) is 3. The summed E-state index contributed by atoms with van der Waals surface area (Å²) in [6.45, 7) is 8.23. The molecule has 1 aliphatic heterocycles. The number of carbonyl (C=O) groups is 2. The van der Waals surface area contributed by atoms with E-state index in [9.17, 15) is 27.2 Å². The van der Waals surface area contributed by atoms with Gasteiger partial charge in [-0.25, -0.2) is 9.37 Å². The third kappa shape index (κ3) is 7.28. The summed E-state index contributed by atoms with van der Waals surface area (Å²) in [5, 5.41) is 9.63. The van der Waals surface area contributed by atoms with Crippen LogP contribution >= 0.6 is 22.6 Å². The first-order valence-electron chi connectivity index (χ1n) is 16.7. The molecule has 6 rings (SSSR count). The van der Waals surface area contributed by atoms with Crippen molar-refractivity contribution in [2.45, 2.75) is 71.6 Å². The normalized spacial score (nSPS) is 16.4. The molecule has 2 heterocycles. The van der Waals surface area contributed by atoms with Gasteiger partial charge in [-0.2, -0.15) is 13.2 Å². The molecule has 1 saturated carbocycles. The molecule has 1 aromatic heterocycles. The number of amides is 2. The molecule has 0 bridgehead atoms. The topological polar surface area (TPSA) is 91.3 Å². The minimum absolute atomic E-state index is 0.0534. The van der Waals surface area contributed by atoms with Crippen molar-refractivity contribution < 1.29 is 27.2 Å². The van der Waals surface area contributed by atoms with Crippen LogP contribution in [-0.2, 0) is 23.9 Å². The van der Waals surface area contributed by atoms with E-state index in [0.717, 1.165) is 25.9 Å². The fourth-order valence-electron chi connectivity index (χ4n) is 6.45. The average molecular weight is 805 g/mol. The number of hydrogen-bond acceptors (Lipinski definition) is 5. The monoisotopic (exact) mass is 804 g/mol. The van der Waals surface area contributed by atoms with Crippen LogP contribution in [0.4, 0.5) is 34.9 Å². The van der Waals surface area contributed by atoms with Gasteiger partial charge in [0.2, 0.25) is 11.9 Å². The zero-order valence-corrected chi connectivity index (χ0v) is 30.9. The molecule has 4 aromatic rings. The summed E-state index contributed by atoms with van der Waals surface area (Å²) in [7, 11) is 1.85. The summed E-state index contributed by atoms with van der Waals surface area (Å²) in [4.78, 5) is 33.3. The Morgan fingerprint density at radius 2 is 1.68 bits per heavy atom. The predicted molar refractivity (Wildman–Crippen MR) is 195 cm³/mol. The number of aryl methyl sites for hydroxylation is 2. The molecule has 3 N–H and O–H groups in total. The van der Waals surface area contributed by atoms with Gasteiger partial charge in [0.1, 0.15) is 5.82 Å². The Hall–Kier alpha value is -3.88. The third-order valence-corrected chi connectivity index (χ3v) is 11.1. The van der Waals surface area contributed by atoms with Crippen LogP contribution in [0.25, 0.3) is 11.0 Å². The lowest BCUT2D eigenvalue weighted by atomic mass is 9.95. The highest BCUT2D eigenvalue weighted by Crippen LogP contribution is 2.46. The fraction of sp³-hybridized carbons (Fsp3) is 0.432. The summed E-state index contributed by atoms with van der Waals surface area (Å²) in [6.07, 6.45) is -3.02. The van der Waals surface area contributed by atoms with Gasteiger partial charge >= 0.3 is 6.18 Å². The Balaban J connectivity index is 1.34. The standard InChI is InChI=1S/C37H41F4IN6O2/c1-21-6-7-22(20-43-33(50)35(2,3)4)30(42)31(21)45-34-44-27-18-26(32(49)46-36(14-15-36)23-8-10-25(38)11-9-23)28(19-29(27)47(34)5)48-16-12-24(13-17-48)37(39,40)41/h6-11,18-19,24H,12-17,20H2,1-5H3,(H,43,50)(H,44,45)(H,46,49). The fourth-order valence-corrected chi connectivity index (χ4v) is 7.38. The number of fused-ring (bicyclic) bond motifs is 1. The highest BCUT2D eigenvalue weighted by atomic mass is 127. The van der Waals surface area contributed by atoms with Gasteiger partial charge in [-0.15, -0.1) is 0 Å². The first-order chi connectivity index (χ1) is 23.5. The highest BCUT2D eigenvalue weighted by molar-refractivity contribution is 14.1. The maximum atomic E-state index is 14.1. The van der Waals surface area contributed by atoms with Crippen LogP contribution in [0.15, 0.2) is 48.5 Å². The molecule has 1 saturated heterocycles. The first-order valence-corrected chi connectivity index (χ1v) is 17.8. The maximum Gasteiger partial charge on any atom is 0.391 e. The molecule has 266 valence electrons. The quantitative estimate of drug-likeness (QED) is 0.123. The zero-order chi connectivity index (χ0) is 36.2. The van der Waals surface area contributed by atoms with Crippen LogP contribution in [-0.4, -0.2) is 40.6 Å². The van der Waals surface area contributed by atoms with Gasteiger partial charge in [-0.05, 0) is 96.2 Å². The van der Waals surface area contributed by atoms with E-state index in [1.165, 1.54) is 12.1 Å². The van der Waals surface area contributed by atoms with Crippen molar-refractivity contribution in [3.05, 3.63) is 80.2 Å². The van der Waals surface area contributed by atoms with E-state index in [1.54, 1.807) is 18.2 Å². The lowest BCUT2D eigenvalue weighted by molar-refractivity contribution is -0.179. The summed E-state index contributed by atoms with van der Waals surface area (Å²) >= 11 is 2.26.